The zero-order chi connectivity index (χ0) is 19.8. The van der Waals surface area contributed by atoms with Crippen LogP contribution in [0.3, 0.4) is 0 Å². The molecule has 0 radical (unpaired) electrons. The summed E-state index contributed by atoms with van der Waals surface area (Å²) in [6, 6.07) is 5.82. The molecule has 0 bridgehead atoms. The van der Waals surface area contributed by atoms with E-state index in [-0.39, 0.29) is 11.0 Å². The highest BCUT2D eigenvalue weighted by molar-refractivity contribution is 8.00. The molecule has 0 unspecified atom stereocenters. The number of Topliss-reactive ketones (excluding diaryl/α,β-unsaturated/α-hetero) is 1. The predicted molar refractivity (Wildman–Crippen MR) is 109 cm³/mol. The Hall–Kier alpha value is -2.28. The number of ketones is 1. The van der Waals surface area contributed by atoms with Crippen molar-refractivity contribution in [1.29, 1.82) is 0 Å². The zero-order valence-electron chi connectivity index (χ0n) is 16.8. The van der Waals surface area contributed by atoms with Gasteiger partial charge >= 0.3 is 0 Å². The molecule has 3 aromatic heterocycles. The number of rotatable bonds is 8. The highest BCUT2D eigenvalue weighted by Gasteiger charge is 2.31. The molecule has 1 saturated carbocycles. The van der Waals surface area contributed by atoms with Gasteiger partial charge in [-0.2, -0.15) is 0 Å². The summed E-state index contributed by atoms with van der Waals surface area (Å²) in [5.74, 6) is 2.63. The summed E-state index contributed by atoms with van der Waals surface area (Å²) >= 11 is 1.50. The molecule has 6 nitrogen and oxygen atoms in total. The minimum Gasteiger partial charge on any atom is -0.467 e. The number of furan rings is 1. The molecule has 0 saturated heterocycles. The first-order chi connectivity index (χ1) is 13.5. The maximum atomic E-state index is 13.2. The topological polar surface area (TPSA) is 65.8 Å². The molecular formula is C21H26N4O2S. The number of nitrogens with zero attached hydrogens (tertiary/aromatic N) is 4. The fourth-order valence-corrected chi connectivity index (χ4v) is 4.60. The number of carbonyl (C=O) groups excluding carboxylic acids is 1. The molecule has 1 aliphatic rings. The summed E-state index contributed by atoms with van der Waals surface area (Å²) < 4.78 is 9.76. The largest absolute Gasteiger partial charge is 0.467 e. The van der Waals surface area contributed by atoms with Crippen molar-refractivity contribution in [3.63, 3.8) is 0 Å². The molecule has 0 N–H and O–H groups in total. The Bertz CT molecular complexity index is 983. The Balaban J connectivity index is 1.53. The number of aryl methyl sites for hydroxylation is 1. The fourth-order valence-electron chi connectivity index (χ4n) is 3.61. The minimum absolute atomic E-state index is 0.127. The fraction of sp³-hybridized carbons (Fsp3) is 0.476. The van der Waals surface area contributed by atoms with E-state index in [9.17, 15) is 4.79 Å². The van der Waals surface area contributed by atoms with Gasteiger partial charge in [0.2, 0.25) is 0 Å². The lowest BCUT2D eigenvalue weighted by Crippen LogP contribution is -2.16. The third kappa shape index (κ3) is 3.55. The highest BCUT2D eigenvalue weighted by atomic mass is 32.2. The second-order valence-corrected chi connectivity index (χ2v) is 8.74. The Kier molecular flexibility index (Phi) is 5.19. The van der Waals surface area contributed by atoms with Crippen LogP contribution < -0.4 is 0 Å². The van der Waals surface area contributed by atoms with Crippen LogP contribution in [0.2, 0.25) is 0 Å². The van der Waals surface area contributed by atoms with Crippen LogP contribution in [0.15, 0.2) is 34.0 Å². The number of aromatic nitrogens is 4. The summed E-state index contributed by atoms with van der Waals surface area (Å²) in [4.78, 5) is 13.2. The van der Waals surface area contributed by atoms with E-state index in [2.05, 4.69) is 26.3 Å². The summed E-state index contributed by atoms with van der Waals surface area (Å²) in [6.45, 7) is 9.56. The Morgan fingerprint density at radius 3 is 2.75 bits per heavy atom. The zero-order valence-corrected chi connectivity index (χ0v) is 17.6. The van der Waals surface area contributed by atoms with Crippen LogP contribution in [-0.4, -0.2) is 30.4 Å². The Morgan fingerprint density at radius 2 is 2.11 bits per heavy atom. The van der Waals surface area contributed by atoms with Crippen molar-refractivity contribution in [2.45, 2.75) is 70.0 Å². The molecule has 4 rings (SSSR count). The maximum Gasteiger partial charge on any atom is 0.191 e. The molecule has 3 heterocycles. The average Bonchev–Trinajstić information content (AvgIpc) is 3.12. The first-order valence-corrected chi connectivity index (χ1v) is 10.7. The molecule has 28 heavy (non-hydrogen) atoms. The lowest BCUT2D eigenvalue weighted by molar-refractivity contribution is 0.0993. The Morgan fingerprint density at radius 1 is 1.32 bits per heavy atom. The number of hydrogen-bond acceptors (Lipinski definition) is 5. The minimum atomic E-state index is -0.223. The summed E-state index contributed by atoms with van der Waals surface area (Å²) in [5, 5.41) is 9.36. The van der Waals surface area contributed by atoms with E-state index in [0.29, 0.717) is 12.5 Å². The lowest BCUT2D eigenvalue weighted by Gasteiger charge is -2.12. The number of carbonyl (C=O) groups is 1. The molecule has 3 aromatic rings. The molecule has 7 heteroatoms. The van der Waals surface area contributed by atoms with Gasteiger partial charge in [-0.25, -0.2) is 0 Å². The average molecular weight is 399 g/mol. The van der Waals surface area contributed by atoms with E-state index < -0.39 is 0 Å². The molecule has 1 fully saturated rings. The van der Waals surface area contributed by atoms with Gasteiger partial charge < -0.3 is 13.6 Å². The van der Waals surface area contributed by atoms with Crippen LogP contribution in [0.4, 0.5) is 0 Å². The van der Waals surface area contributed by atoms with Gasteiger partial charge in [-0.1, -0.05) is 11.8 Å². The first kappa shape index (κ1) is 19.1. The maximum absolute atomic E-state index is 13.2. The van der Waals surface area contributed by atoms with E-state index in [1.54, 1.807) is 6.26 Å². The quantitative estimate of drug-likeness (QED) is 0.410. The van der Waals surface area contributed by atoms with Crippen molar-refractivity contribution in [2.24, 2.45) is 0 Å². The van der Waals surface area contributed by atoms with Crippen molar-refractivity contribution in [3.05, 3.63) is 53.0 Å². The molecule has 148 valence electrons. The summed E-state index contributed by atoms with van der Waals surface area (Å²) in [5.41, 5.74) is 2.80. The van der Waals surface area contributed by atoms with Crippen LogP contribution in [0.25, 0.3) is 0 Å². The predicted octanol–water partition coefficient (Wildman–Crippen LogP) is 4.60. The molecular weight excluding hydrogens is 372 g/mol. The normalized spacial score (nSPS) is 15.1. The van der Waals surface area contributed by atoms with E-state index in [0.717, 1.165) is 40.2 Å². The van der Waals surface area contributed by atoms with Crippen molar-refractivity contribution in [1.82, 2.24) is 19.3 Å². The number of thioether (sulfide) groups is 1. The Labute approximate surface area is 169 Å². The highest BCUT2D eigenvalue weighted by Crippen LogP contribution is 2.40. The lowest BCUT2D eigenvalue weighted by atomic mass is 10.1. The van der Waals surface area contributed by atoms with Crippen molar-refractivity contribution >= 4 is 17.5 Å². The van der Waals surface area contributed by atoms with Gasteiger partial charge in [0.1, 0.15) is 11.6 Å². The van der Waals surface area contributed by atoms with Crippen LogP contribution in [0.5, 0.6) is 0 Å². The molecule has 0 aromatic carbocycles. The number of hydrogen-bond donors (Lipinski definition) is 0. The second-order valence-electron chi connectivity index (χ2n) is 7.43. The van der Waals surface area contributed by atoms with E-state index in [1.807, 2.05) is 39.0 Å². The molecule has 1 atom stereocenters. The van der Waals surface area contributed by atoms with E-state index in [4.69, 9.17) is 4.42 Å². The third-order valence-electron chi connectivity index (χ3n) is 5.39. The monoisotopic (exact) mass is 398 g/mol. The van der Waals surface area contributed by atoms with Crippen molar-refractivity contribution < 1.29 is 9.21 Å². The standard InChI is InChI=1S/C21H26N4O2S/c1-5-24-20(16-8-9-16)22-23-21(24)28-15(4)19(26)18-11-13(2)25(14(18)3)12-17-7-6-10-27-17/h6-7,10-11,15-16H,5,8-9,12H2,1-4H3/t15-/m0/s1. The first-order valence-electron chi connectivity index (χ1n) is 9.82. The van der Waals surface area contributed by atoms with Gasteiger partial charge in [-0.15, -0.1) is 10.2 Å². The summed E-state index contributed by atoms with van der Waals surface area (Å²) in [7, 11) is 0. The van der Waals surface area contributed by atoms with Gasteiger partial charge in [0.15, 0.2) is 10.9 Å². The molecule has 0 spiro atoms. The second kappa shape index (κ2) is 7.62. The van der Waals surface area contributed by atoms with Crippen LogP contribution in [0.1, 0.15) is 65.9 Å². The van der Waals surface area contributed by atoms with E-state index >= 15 is 0 Å². The van der Waals surface area contributed by atoms with Gasteiger partial charge in [-0.05, 0) is 58.7 Å². The molecule has 0 aliphatic heterocycles. The van der Waals surface area contributed by atoms with Crippen LogP contribution in [0, 0.1) is 13.8 Å². The van der Waals surface area contributed by atoms with Crippen LogP contribution >= 0.6 is 11.8 Å². The molecule has 0 amide bonds. The smallest absolute Gasteiger partial charge is 0.191 e. The van der Waals surface area contributed by atoms with Crippen LogP contribution in [-0.2, 0) is 13.1 Å². The third-order valence-corrected chi connectivity index (χ3v) is 6.47. The van der Waals surface area contributed by atoms with Gasteiger partial charge in [0.05, 0.1) is 18.1 Å². The molecule has 1 aliphatic carbocycles. The van der Waals surface area contributed by atoms with Gasteiger partial charge in [0.25, 0.3) is 0 Å². The van der Waals surface area contributed by atoms with Gasteiger partial charge in [-0.3, -0.25) is 4.79 Å². The van der Waals surface area contributed by atoms with Crippen molar-refractivity contribution in [3.8, 4) is 0 Å². The van der Waals surface area contributed by atoms with Gasteiger partial charge in [0, 0.05) is 29.4 Å². The summed E-state index contributed by atoms with van der Waals surface area (Å²) in [6.07, 6.45) is 4.06. The van der Waals surface area contributed by atoms with E-state index in [1.165, 1.54) is 24.6 Å². The SMILES string of the molecule is CCn1c(S[C@@H](C)C(=O)c2cc(C)n(Cc3ccco3)c2C)nnc1C1CC1. The van der Waals surface area contributed by atoms with Crippen molar-refractivity contribution in [2.75, 3.05) is 0 Å².